The van der Waals surface area contributed by atoms with Crippen LogP contribution in [-0.2, 0) is 23.1 Å². The molecule has 0 aromatic carbocycles. The van der Waals surface area contributed by atoms with Crippen molar-refractivity contribution in [3.05, 3.63) is 24.0 Å². The number of nitrogens with one attached hydrogen (secondary N) is 1. The fourth-order valence-electron chi connectivity index (χ4n) is 2.08. The monoisotopic (exact) mass is 251 g/mol. The predicted molar refractivity (Wildman–Crippen MR) is 69.1 cm³/mol. The van der Waals surface area contributed by atoms with Gasteiger partial charge in [0.25, 0.3) is 0 Å². The van der Waals surface area contributed by atoms with Crippen molar-refractivity contribution in [3.8, 4) is 0 Å². The molecule has 1 aromatic heterocycles. The Labute approximate surface area is 108 Å². The highest BCUT2D eigenvalue weighted by atomic mass is 16.5. The maximum atomic E-state index is 12.1. The van der Waals surface area contributed by atoms with E-state index in [9.17, 15) is 4.79 Å². The lowest BCUT2D eigenvalue weighted by Gasteiger charge is -2.29. The molecule has 0 aliphatic carbocycles. The molecule has 100 valence electrons. The molecule has 1 atom stereocenters. The molecule has 18 heavy (non-hydrogen) atoms. The molecule has 5 nitrogen and oxygen atoms in total. The molecule has 0 spiro atoms. The second-order valence-electron chi connectivity index (χ2n) is 4.73. The van der Waals surface area contributed by atoms with Crippen LogP contribution < -0.4 is 5.32 Å². The first kappa shape index (κ1) is 13.1. The second kappa shape index (κ2) is 6.02. The Kier molecular flexibility index (Phi) is 4.38. The van der Waals surface area contributed by atoms with Crippen molar-refractivity contribution >= 4 is 5.91 Å². The van der Waals surface area contributed by atoms with Gasteiger partial charge in [0.05, 0.1) is 19.3 Å². The molecule has 5 heteroatoms. The van der Waals surface area contributed by atoms with Crippen molar-refractivity contribution in [2.75, 3.05) is 26.3 Å². The fourth-order valence-corrected chi connectivity index (χ4v) is 2.08. The van der Waals surface area contributed by atoms with Gasteiger partial charge in [0.1, 0.15) is 0 Å². The van der Waals surface area contributed by atoms with Crippen molar-refractivity contribution in [2.45, 2.75) is 19.5 Å². The van der Waals surface area contributed by atoms with E-state index in [4.69, 9.17) is 4.74 Å². The quantitative estimate of drug-likeness (QED) is 0.840. The maximum Gasteiger partial charge on any atom is 0.239 e. The first-order chi connectivity index (χ1) is 8.66. The molecule has 2 heterocycles. The van der Waals surface area contributed by atoms with Crippen LogP contribution >= 0.6 is 0 Å². The van der Waals surface area contributed by atoms with Crippen LogP contribution in [0, 0.1) is 0 Å². The number of rotatable bonds is 4. The Morgan fingerprint density at radius 1 is 1.50 bits per heavy atom. The van der Waals surface area contributed by atoms with Gasteiger partial charge in [0.15, 0.2) is 0 Å². The van der Waals surface area contributed by atoms with Gasteiger partial charge >= 0.3 is 0 Å². The van der Waals surface area contributed by atoms with E-state index in [-0.39, 0.29) is 11.9 Å². The van der Waals surface area contributed by atoms with Crippen LogP contribution in [0.25, 0.3) is 0 Å². The van der Waals surface area contributed by atoms with Gasteiger partial charge in [-0.3, -0.25) is 4.79 Å². The van der Waals surface area contributed by atoms with Crippen LogP contribution in [-0.4, -0.2) is 47.7 Å². The Hall–Kier alpha value is -1.33. The van der Waals surface area contributed by atoms with Crippen molar-refractivity contribution < 1.29 is 9.53 Å². The van der Waals surface area contributed by atoms with E-state index in [0.717, 1.165) is 6.54 Å². The number of hydrogen-bond acceptors (Lipinski definition) is 3. The van der Waals surface area contributed by atoms with Gasteiger partial charge in [0, 0.05) is 39.1 Å². The summed E-state index contributed by atoms with van der Waals surface area (Å²) < 4.78 is 7.25. The summed E-state index contributed by atoms with van der Waals surface area (Å²) in [5, 5.41) is 3.26. The topological polar surface area (TPSA) is 46.5 Å². The molecule has 1 amide bonds. The van der Waals surface area contributed by atoms with Gasteiger partial charge in [-0.05, 0) is 18.6 Å². The number of ether oxygens (including phenoxy) is 1. The van der Waals surface area contributed by atoms with Crippen LogP contribution in [0.5, 0.6) is 0 Å². The maximum absolute atomic E-state index is 12.1. The number of aromatic nitrogens is 1. The SMILES string of the molecule is CC(NCc1ccn(C)c1)C(=O)N1CCOCC1. The smallest absolute Gasteiger partial charge is 0.239 e. The molecule has 0 radical (unpaired) electrons. The number of carbonyl (C=O) groups excluding carboxylic acids is 1. The third kappa shape index (κ3) is 3.34. The summed E-state index contributed by atoms with van der Waals surface area (Å²) in [5.41, 5.74) is 1.19. The normalized spacial score (nSPS) is 17.8. The molecule has 1 saturated heterocycles. The summed E-state index contributed by atoms with van der Waals surface area (Å²) in [6, 6.07) is 1.90. The van der Waals surface area contributed by atoms with Crippen molar-refractivity contribution in [1.82, 2.24) is 14.8 Å². The van der Waals surface area contributed by atoms with Crippen LogP contribution in [0.1, 0.15) is 12.5 Å². The van der Waals surface area contributed by atoms with E-state index >= 15 is 0 Å². The lowest BCUT2D eigenvalue weighted by atomic mass is 10.2. The number of morpholine rings is 1. The van der Waals surface area contributed by atoms with Gasteiger partial charge in [0.2, 0.25) is 5.91 Å². The average Bonchev–Trinajstić information content (AvgIpc) is 2.82. The molecule has 1 aliphatic rings. The van der Waals surface area contributed by atoms with E-state index in [1.807, 2.05) is 29.6 Å². The number of nitrogens with zero attached hydrogens (tertiary/aromatic N) is 2. The Morgan fingerprint density at radius 2 is 2.22 bits per heavy atom. The van der Waals surface area contributed by atoms with Crippen LogP contribution in [0.2, 0.25) is 0 Å². The third-order valence-corrected chi connectivity index (χ3v) is 3.20. The van der Waals surface area contributed by atoms with E-state index in [0.29, 0.717) is 26.3 Å². The average molecular weight is 251 g/mol. The molecule has 1 aromatic rings. The molecular formula is C13H21N3O2. The molecule has 1 unspecified atom stereocenters. The summed E-state index contributed by atoms with van der Waals surface area (Å²) in [7, 11) is 1.99. The number of carbonyl (C=O) groups is 1. The standard InChI is InChI=1S/C13H21N3O2/c1-11(13(17)16-5-7-18-8-6-16)14-9-12-3-4-15(2)10-12/h3-4,10-11,14H,5-9H2,1-2H3. The Bertz CT molecular complexity index is 397. The zero-order valence-electron chi connectivity index (χ0n) is 11.1. The van der Waals surface area contributed by atoms with Crippen LogP contribution in [0.4, 0.5) is 0 Å². The van der Waals surface area contributed by atoms with E-state index in [1.54, 1.807) is 0 Å². The third-order valence-electron chi connectivity index (χ3n) is 3.20. The van der Waals surface area contributed by atoms with Crippen LogP contribution in [0.3, 0.4) is 0 Å². The zero-order chi connectivity index (χ0) is 13.0. The van der Waals surface area contributed by atoms with Gasteiger partial charge in [-0.1, -0.05) is 0 Å². The van der Waals surface area contributed by atoms with Crippen molar-refractivity contribution in [2.24, 2.45) is 7.05 Å². The Balaban J connectivity index is 1.79. The van der Waals surface area contributed by atoms with Gasteiger partial charge < -0.3 is 19.5 Å². The van der Waals surface area contributed by atoms with Crippen molar-refractivity contribution in [1.29, 1.82) is 0 Å². The van der Waals surface area contributed by atoms with Crippen LogP contribution in [0.15, 0.2) is 18.5 Å². The molecule has 0 saturated carbocycles. The van der Waals surface area contributed by atoms with E-state index in [1.165, 1.54) is 5.56 Å². The minimum Gasteiger partial charge on any atom is -0.378 e. The minimum absolute atomic E-state index is 0.150. The zero-order valence-corrected chi connectivity index (χ0v) is 11.1. The highest BCUT2D eigenvalue weighted by Gasteiger charge is 2.21. The fraction of sp³-hybridized carbons (Fsp3) is 0.615. The summed E-state index contributed by atoms with van der Waals surface area (Å²) in [4.78, 5) is 14.0. The largest absolute Gasteiger partial charge is 0.378 e. The van der Waals surface area contributed by atoms with E-state index < -0.39 is 0 Å². The highest BCUT2D eigenvalue weighted by Crippen LogP contribution is 2.03. The lowest BCUT2D eigenvalue weighted by molar-refractivity contribution is -0.137. The van der Waals surface area contributed by atoms with Crippen molar-refractivity contribution in [3.63, 3.8) is 0 Å². The van der Waals surface area contributed by atoms with Gasteiger partial charge in [-0.25, -0.2) is 0 Å². The summed E-state index contributed by atoms with van der Waals surface area (Å²) in [5.74, 6) is 0.161. The molecule has 1 N–H and O–H groups in total. The lowest BCUT2D eigenvalue weighted by Crippen LogP contribution is -2.49. The second-order valence-corrected chi connectivity index (χ2v) is 4.73. The summed E-state index contributed by atoms with van der Waals surface area (Å²) in [6.07, 6.45) is 4.06. The molecule has 1 aliphatic heterocycles. The summed E-state index contributed by atoms with van der Waals surface area (Å²) in [6.45, 7) is 5.35. The van der Waals surface area contributed by atoms with Gasteiger partial charge in [-0.15, -0.1) is 0 Å². The first-order valence-corrected chi connectivity index (χ1v) is 6.37. The molecular weight excluding hydrogens is 230 g/mol. The molecule has 1 fully saturated rings. The number of hydrogen-bond donors (Lipinski definition) is 1. The number of aryl methyl sites for hydroxylation is 1. The van der Waals surface area contributed by atoms with Gasteiger partial charge in [-0.2, -0.15) is 0 Å². The molecule has 2 rings (SSSR count). The molecule has 0 bridgehead atoms. The number of amides is 1. The summed E-state index contributed by atoms with van der Waals surface area (Å²) >= 11 is 0. The predicted octanol–water partition coefficient (Wildman–Crippen LogP) is 0.362. The highest BCUT2D eigenvalue weighted by molar-refractivity contribution is 5.81. The Morgan fingerprint density at radius 3 is 2.83 bits per heavy atom. The minimum atomic E-state index is -0.150. The first-order valence-electron chi connectivity index (χ1n) is 6.37. The van der Waals surface area contributed by atoms with E-state index in [2.05, 4.69) is 17.6 Å².